The lowest BCUT2D eigenvalue weighted by molar-refractivity contribution is -0.142. The molecule has 1 rings (SSSR count). The van der Waals surface area contributed by atoms with Gasteiger partial charge >= 0.3 is 11.9 Å². The average molecular weight is 655 g/mol. The second kappa shape index (κ2) is 20.3. The number of likely N-dealkylation sites (tertiary alicyclic amines) is 1. The van der Waals surface area contributed by atoms with Crippen LogP contribution in [0.15, 0.2) is 17.8 Å². The second-order valence-corrected chi connectivity index (χ2v) is 11.0. The fourth-order valence-corrected chi connectivity index (χ4v) is 4.64. The molecule has 1 aliphatic heterocycles. The number of aliphatic carboxylic acids is 2. The fraction of sp³-hybridized carbons (Fsp3) is 0.643. The van der Waals surface area contributed by atoms with E-state index >= 15 is 0 Å². The first-order valence-corrected chi connectivity index (χ1v) is 14.9. The maximum atomic E-state index is 13.2. The lowest BCUT2D eigenvalue weighted by atomic mass is 10.0. The minimum Gasteiger partial charge on any atom is -0.481 e. The molecule has 0 aromatic heterocycles. The molecule has 0 spiro atoms. The van der Waals surface area contributed by atoms with Crippen LogP contribution in [0.3, 0.4) is 0 Å². The SMILES string of the molecule is C=CN1CCC[C@H]1C(=O)NCC(=O)N[C@@H](CC(=O)O)C(=O)NC(CC(C)C)C(=O)N[C@@H](CO)C(=O)NC(CCCN=CN)C(=O)O. The van der Waals surface area contributed by atoms with Crippen LogP contribution in [0.4, 0.5) is 0 Å². The summed E-state index contributed by atoms with van der Waals surface area (Å²) in [5.74, 6) is -7.18. The molecule has 0 bridgehead atoms. The summed E-state index contributed by atoms with van der Waals surface area (Å²) in [5, 5.41) is 40.2. The molecular weight excluding hydrogens is 608 g/mol. The van der Waals surface area contributed by atoms with Crippen molar-refractivity contribution in [3.8, 4) is 0 Å². The number of rotatable bonds is 21. The zero-order chi connectivity index (χ0) is 34.8. The fourth-order valence-electron chi connectivity index (χ4n) is 4.64. The number of carboxylic acids is 2. The minimum atomic E-state index is -1.63. The largest absolute Gasteiger partial charge is 0.481 e. The molecule has 5 atom stereocenters. The molecule has 18 heteroatoms. The molecule has 258 valence electrons. The molecule has 18 nitrogen and oxygen atoms in total. The summed E-state index contributed by atoms with van der Waals surface area (Å²) >= 11 is 0. The van der Waals surface area contributed by atoms with Gasteiger partial charge in [-0.05, 0) is 44.2 Å². The molecule has 0 aromatic carbocycles. The highest BCUT2D eigenvalue weighted by molar-refractivity contribution is 5.96. The molecule has 0 saturated carbocycles. The van der Waals surface area contributed by atoms with Crippen LogP contribution < -0.4 is 32.3 Å². The second-order valence-electron chi connectivity index (χ2n) is 11.0. The minimum absolute atomic E-state index is 0.00917. The van der Waals surface area contributed by atoms with Gasteiger partial charge in [0.2, 0.25) is 29.5 Å². The Morgan fingerprint density at radius 1 is 0.957 bits per heavy atom. The van der Waals surface area contributed by atoms with Gasteiger partial charge in [-0.1, -0.05) is 20.4 Å². The van der Waals surface area contributed by atoms with Gasteiger partial charge in [-0.15, -0.1) is 0 Å². The van der Waals surface area contributed by atoms with Crippen molar-refractivity contribution >= 4 is 47.8 Å². The number of nitrogens with two attached hydrogens (primary N) is 1. The normalized spacial score (nSPS) is 17.0. The lowest BCUT2D eigenvalue weighted by Crippen LogP contribution is -2.59. The van der Waals surface area contributed by atoms with Gasteiger partial charge in [-0.3, -0.25) is 33.8 Å². The van der Waals surface area contributed by atoms with Crippen LogP contribution in [-0.4, -0.2) is 124 Å². The average Bonchev–Trinajstić information content (AvgIpc) is 3.48. The predicted molar refractivity (Wildman–Crippen MR) is 164 cm³/mol. The van der Waals surface area contributed by atoms with Crippen LogP contribution in [-0.2, 0) is 33.6 Å². The molecule has 5 amide bonds. The number of aliphatic hydroxyl groups excluding tert-OH is 1. The number of amides is 5. The van der Waals surface area contributed by atoms with E-state index in [4.69, 9.17) is 5.73 Å². The number of nitrogens with one attached hydrogen (secondary N) is 5. The van der Waals surface area contributed by atoms with E-state index < -0.39 is 91.3 Å². The van der Waals surface area contributed by atoms with E-state index in [9.17, 15) is 48.9 Å². The van der Waals surface area contributed by atoms with E-state index in [0.29, 0.717) is 13.0 Å². The Labute approximate surface area is 266 Å². The molecule has 1 aliphatic rings. The number of hydrogen-bond acceptors (Lipinski definition) is 10. The quantitative estimate of drug-likeness (QED) is 0.0340. The Kier molecular flexibility index (Phi) is 17.4. The maximum absolute atomic E-state index is 13.2. The first kappa shape index (κ1) is 39.3. The zero-order valence-electron chi connectivity index (χ0n) is 26.1. The third kappa shape index (κ3) is 13.9. The maximum Gasteiger partial charge on any atom is 0.326 e. The Hall–Kier alpha value is -4.74. The summed E-state index contributed by atoms with van der Waals surface area (Å²) in [6.07, 6.45) is 3.35. The molecule has 0 aromatic rings. The Morgan fingerprint density at radius 2 is 1.57 bits per heavy atom. The van der Waals surface area contributed by atoms with E-state index in [1.165, 1.54) is 6.20 Å². The molecule has 1 fully saturated rings. The summed E-state index contributed by atoms with van der Waals surface area (Å²) in [7, 11) is 0. The van der Waals surface area contributed by atoms with Crippen molar-refractivity contribution < 1.29 is 48.9 Å². The van der Waals surface area contributed by atoms with Crippen LogP contribution in [0.25, 0.3) is 0 Å². The predicted octanol–water partition coefficient (Wildman–Crippen LogP) is -2.99. The van der Waals surface area contributed by atoms with E-state index in [1.54, 1.807) is 18.7 Å². The van der Waals surface area contributed by atoms with E-state index in [2.05, 4.69) is 38.2 Å². The van der Waals surface area contributed by atoms with Crippen LogP contribution in [0.1, 0.15) is 52.4 Å². The van der Waals surface area contributed by atoms with Gasteiger partial charge in [0.05, 0.1) is 25.9 Å². The number of carbonyl (C=O) groups is 7. The number of carboxylic acid groups (broad SMARTS) is 2. The zero-order valence-corrected chi connectivity index (χ0v) is 26.1. The highest BCUT2D eigenvalue weighted by Gasteiger charge is 2.33. The van der Waals surface area contributed by atoms with Gasteiger partial charge < -0.3 is 52.5 Å². The van der Waals surface area contributed by atoms with Gasteiger partial charge in [0.25, 0.3) is 0 Å². The molecule has 46 heavy (non-hydrogen) atoms. The third-order valence-corrected chi connectivity index (χ3v) is 6.94. The molecule has 1 saturated heterocycles. The van der Waals surface area contributed by atoms with Crippen LogP contribution >= 0.6 is 0 Å². The molecule has 2 unspecified atom stereocenters. The molecule has 10 N–H and O–H groups in total. The Balaban J connectivity index is 2.92. The molecular formula is C28H46N8O10. The summed E-state index contributed by atoms with van der Waals surface area (Å²) in [4.78, 5) is 92.6. The molecule has 1 heterocycles. The summed E-state index contributed by atoms with van der Waals surface area (Å²) in [6, 6.07) is -6.40. The number of nitrogens with zero attached hydrogens (tertiary/aromatic N) is 2. The van der Waals surface area contributed by atoms with Gasteiger partial charge in [-0.25, -0.2) is 4.79 Å². The van der Waals surface area contributed by atoms with Crippen molar-refractivity contribution in [3.05, 3.63) is 12.8 Å². The Bertz CT molecular complexity index is 1130. The first-order chi connectivity index (χ1) is 21.7. The number of aliphatic hydroxyl groups is 1. The van der Waals surface area contributed by atoms with Crippen molar-refractivity contribution in [1.29, 1.82) is 0 Å². The van der Waals surface area contributed by atoms with E-state index in [-0.39, 0.29) is 31.7 Å². The standard InChI is InChI=1S/C28H46N8O10/c1-4-36-10-6-8-21(36)27(44)31-13-22(38)32-19(12-23(39)40)25(42)34-18(11-16(2)3)24(41)35-20(14-37)26(43)33-17(28(45)46)7-5-9-30-15-29/h4,15-21,37H,1,5-14H2,2-3H3,(H2,29,30)(H,31,44)(H,32,38)(H,33,43)(H,34,42)(H,35,41)(H,39,40)(H,45,46)/t17?,18?,19-,20-,21-/m0/s1. The monoisotopic (exact) mass is 654 g/mol. The number of hydrogen-bond donors (Lipinski definition) is 9. The smallest absolute Gasteiger partial charge is 0.326 e. The first-order valence-electron chi connectivity index (χ1n) is 14.9. The van der Waals surface area contributed by atoms with E-state index in [1.807, 2.05) is 0 Å². The van der Waals surface area contributed by atoms with Crippen molar-refractivity contribution in [2.75, 3.05) is 26.2 Å². The van der Waals surface area contributed by atoms with E-state index in [0.717, 1.165) is 12.8 Å². The van der Waals surface area contributed by atoms with Crippen LogP contribution in [0.5, 0.6) is 0 Å². The topological polar surface area (TPSA) is 282 Å². The van der Waals surface area contributed by atoms with Gasteiger partial charge in [-0.2, -0.15) is 0 Å². The van der Waals surface area contributed by atoms with Gasteiger partial charge in [0.15, 0.2) is 0 Å². The van der Waals surface area contributed by atoms with Gasteiger partial charge in [0.1, 0.15) is 30.2 Å². The van der Waals surface area contributed by atoms with Crippen molar-refractivity contribution in [2.45, 2.75) is 82.6 Å². The van der Waals surface area contributed by atoms with Crippen molar-refractivity contribution in [2.24, 2.45) is 16.6 Å². The van der Waals surface area contributed by atoms with Crippen LogP contribution in [0, 0.1) is 5.92 Å². The van der Waals surface area contributed by atoms with Gasteiger partial charge in [0, 0.05) is 13.1 Å². The van der Waals surface area contributed by atoms with Crippen molar-refractivity contribution in [3.63, 3.8) is 0 Å². The number of aliphatic imine (C=N–C) groups is 1. The Morgan fingerprint density at radius 3 is 2.13 bits per heavy atom. The molecule has 0 aliphatic carbocycles. The van der Waals surface area contributed by atoms with Crippen LogP contribution in [0.2, 0.25) is 0 Å². The van der Waals surface area contributed by atoms with Crippen molar-refractivity contribution in [1.82, 2.24) is 31.5 Å². The molecule has 0 radical (unpaired) electrons. The number of carbonyl (C=O) groups excluding carboxylic acids is 5. The summed E-state index contributed by atoms with van der Waals surface area (Å²) in [6.45, 7) is 6.52. The summed E-state index contributed by atoms with van der Waals surface area (Å²) in [5.41, 5.74) is 5.15. The summed E-state index contributed by atoms with van der Waals surface area (Å²) < 4.78 is 0. The highest BCUT2D eigenvalue weighted by Crippen LogP contribution is 2.17. The lowest BCUT2D eigenvalue weighted by Gasteiger charge is -2.26. The third-order valence-electron chi connectivity index (χ3n) is 6.94. The highest BCUT2D eigenvalue weighted by atomic mass is 16.4.